The molecule has 1 fully saturated rings. The molecule has 0 radical (unpaired) electrons. The lowest BCUT2D eigenvalue weighted by atomic mass is 9.86. The van der Waals surface area contributed by atoms with Crippen molar-refractivity contribution in [3.63, 3.8) is 0 Å². The Morgan fingerprint density at radius 2 is 1.76 bits per heavy atom. The van der Waals surface area contributed by atoms with E-state index in [9.17, 15) is 42.3 Å². The van der Waals surface area contributed by atoms with Gasteiger partial charge in [-0.05, 0) is 42.0 Å². The molecule has 1 aliphatic rings. The number of carboxylic acid groups (broad SMARTS) is 1. The van der Waals surface area contributed by atoms with Crippen molar-refractivity contribution in [2.45, 2.75) is 52.0 Å². The minimum absolute atomic E-state index is 0.0589. The van der Waals surface area contributed by atoms with Crippen molar-refractivity contribution < 1.29 is 47.0 Å². The number of hydrogen-bond acceptors (Lipinski definition) is 6. The van der Waals surface area contributed by atoms with Crippen LogP contribution in [0.1, 0.15) is 44.7 Å². The molecule has 1 aliphatic heterocycles. The predicted octanol–water partition coefficient (Wildman–Crippen LogP) is 3.10. The number of Topliss-reactive ketones (excluding diaryl/α,β-unsaturated/α-hetero) is 1. The fourth-order valence-corrected chi connectivity index (χ4v) is 4.51. The molecule has 226 valence electrons. The first kappa shape index (κ1) is 32.1. The van der Waals surface area contributed by atoms with Crippen LogP contribution in [-0.2, 0) is 29.4 Å². The number of hydrogen-bond donors (Lipinski definition) is 3. The molecule has 0 aliphatic carbocycles. The van der Waals surface area contributed by atoms with Gasteiger partial charge in [0.15, 0.2) is 23.2 Å². The zero-order chi connectivity index (χ0) is 31.4. The predicted molar refractivity (Wildman–Crippen MR) is 144 cm³/mol. The number of likely N-dealkylation sites (tertiary alicyclic amines) is 1. The van der Waals surface area contributed by atoms with E-state index in [4.69, 9.17) is 4.74 Å². The number of carbonyl (C=O) groups is 5. The van der Waals surface area contributed by atoms with E-state index in [-0.39, 0.29) is 30.5 Å². The Morgan fingerprint density at radius 1 is 1.10 bits per heavy atom. The van der Waals surface area contributed by atoms with Gasteiger partial charge in [0.05, 0.1) is 12.3 Å². The maximum Gasteiger partial charge on any atom is 0.313 e. The third-order valence-electron chi connectivity index (χ3n) is 6.76. The zero-order valence-electron chi connectivity index (χ0n) is 23.6. The molecule has 0 aromatic heterocycles. The number of anilines is 1. The summed E-state index contributed by atoms with van der Waals surface area (Å²) in [5.41, 5.74) is 0.708. The maximum absolute atomic E-state index is 14.2. The van der Waals surface area contributed by atoms with Crippen LogP contribution >= 0.6 is 0 Å². The molecule has 1 saturated heterocycles. The molecule has 2 aromatic carbocycles. The van der Waals surface area contributed by atoms with Gasteiger partial charge in [-0.3, -0.25) is 24.0 Å². The van der Waals surface area contributed by atoms with Crippen molar-refractivity contribution in [2.24, 2.45) is 5.92 Å². The summed E-state index contributed by atoms with van der Waals surface area (Å²) in [5, 5.41) is 14.1. The van der Waals surface area contributed by atoms with Gasteiger partial charge in [0.25, 0.3) is 0 Å². The number of halogens is 3. The molecule has 0 bridgehead atoms. The van der Waals surface area contributed by atoms with E-state index in [1.807, 2.05) is 32.9 Å². The van der Waals surface area contributed by atoms with Crippen LogP contribution in [0.3, 0.4) is 0 Å². The Kier molecular flexibility index (Phi) is 9.97. The number of aliphatic carboxylic acids is 1. The summed E-state index contributed by atoms with van der Waals surface area (Å²) >= 11 is 0. The van der Waals surface area contributed by atoms with E-state index >= 15 is 0 Å². The molecule has 0 saturated carbocycles. The van der Waals surface area contributed by atoms with Crippen LogP contribution in [-0.4, -0.2) is 65.2 Å². The third kappa shape index (κ3) is 7.65. The minimum Gasteiger partial charge on any atom is -0.481 e. The Balaban J connectivity index is 1.62. The SMILES string of the molecule is Cc1cc(F)c(F)c(OCC(=O)[C@H](CC(=O)O)NC(=O)C2CCN(C(=O)C(=O)Nc3ccccc3C(C)(C)C)C2)c1F. The summed E-state index contributed by atoms with van der Waals surface area (Å²) in [6.07, 6.45) is -0.737. The normalized spacial score (nSPS) is 15.6. The average Bonchev–Trinajstić information content (AvgIpc) is 3.41. The molecule has 3 N–H and O–H groups in total. The number of rotatable bonds is 9. The first-order chi connectivity index (χ1) is 19.6. The average molecular weight is 592 g/mol. The topological polar surface area (TPSA) is 142 Å². The summed E-state index contributed by atoms with van der Waals surface area (Å²) in [7, 11) is 0. The number of para-hydroxylation sites is 1. The molecule has 0 spiro atoms. The Morgan fingerprint density at radius 3 is 2.40 bits per heavy atom. The van der Waals surface area contributed by atoms with E-state index in [1.165, 1.54) is 4.90 Å². The van der Waals surface area contributed by atoms with Crippen molar-refractivity contribution >= 4 is 35.2 Å². The van der Waals surface area contributed by atoms with Crippen LogP contribution in [0.5, 0.6) is 5.75 Å². The Labute approximate surface area is 240 Å². The number of carbonyl (C=O) groups excluding carboxylic acids is 4. The summed E-state index contributed by atoms with van der Waals surface area (Å²) in [6, 6.07) is 6.01. The van der Waals surface area contributed by atoms with Crippen LogP contribution in [0.2, 0.25) is 0 Å². The van der Waals surface area contributed by atoms with Crippen LogP contribution in [0.25, 0.3) is 0 Å². The van der Waals surface area contributed by atoms with Crippen molar-refractivity contribution in [1.82, 2.24) is 10.2 Å². The largest absolute Gasteiger partial charge is 0.481 e. The number of nitrogens with one attached hydrogen (secondary N) is 2. The zero-order valence-corrected chi connectivity index (χ0v) is 23.6. The number of nitrogens with zero attached hydrogens (tertiary/aromatic N) is 1. The Bertz CT molecular complexity index is 1380. The highest BCUT2D eigenvalue weighted by Gasteiger charge is 2.36. The van der Waals surface area contributed by atoms with E-state index < -0.39 is 77.7 Å². The number of benzene rings is 2. The fraction of sp³-hybridized carbons (Fsp3) is 0.414. The summed E-state index contributed by atoms with van der Waals surface area (Å²) in [4.78, 5) is 63.6. The van der Waals surface area contributed by atoms with E-state index in [0.717, 1.165) is 12.5 Å². The van der Waals surface area contributed by atoms with Gasteiger partial charge in [-0.1, -0.05) is 39.0 Å². The molecule has 2 atom stereocenters. The van der Waals surface area contributed by atoms with Crippen LogP contribution in [0.15, 0.2) is 30.3 Å². The van der Waals surface area contributed by atoms with Crippen LogP contribution in [0.4, 0.5) is 18.9 Å². The Hall–Kier alpha value is -4.42. The molecular weight excluding hydrogens is 559 g/mol. The number of carboxylic acids is 1. The van der Waals surface area contributed by atoms with Crippen molar-refractivity contribution in [3.8, 4) is 5.75 Å². The van der Waals surface area contributed by atoms with Gasteiger partial charge in [0, 0.05) is 18.8 Å². The second kappa shape index (κ2) is 13.0. The smallest absolute Gasteiger partial charge is 0.313 e. The fourth-order valence-electron chi connectivity index (χ4n) is 4.51. The van der Waals surface area contributed by atoms with E-state index in [2.05, 4.69) is 10.6 Å². The summed E-state index contributed by atoms with van der Waals surface area (Å²) in [6.45, 7) is 5.86. The summed E-state index contributed by atoms with van der Waals surface area (Å²) < 4.78 is 46.7. The monoisotopic (exact) mass is 591 g/mol. The molecule has 1 unspecified atom stereocenters. The van der Waals surface area contributed by atoms with Gasteiger partial charge in [-0.15, -0.1) is 0 Å². The van der Waals surface area contributed by atoms with Crippen molar-refractivity contribution in [3.05, 3.63) is 58.9 Å². The van der Waals surface area contributed by atoms with Gasteiger partial charge < -0.3 is 25.4 Å². The van der Waals surface area contributed by atoms with Gasteiger partial charge in [0.1, 0.15) is 12.6 Å². The van der Waals surface area contributed by atoms with Gasteiger partial charge in [0.2, 0.25) is 11.7 Å². The minimum atomic E-state index is -1.66. The highest BCUT2D eigenvalue weighted by Crippen LogP contribution is 2.30. The molecule has 2 aromatic rings. The number of aryl methyl sites for hydroxylation is 1. The molecule has 42 heavy (non-hydrogen) atoms. The quantitative estimate of drug-likeness (QED) is 0.301. The van der Waals surface area contributed by atoms with Crippen molar-refractivity contribution in [1.29, 1.82) is 0 Å². The van der Waals surface area contributed by atoms with Crippen molar-refractivity contribution in [2.75, 3.05) is 25.0 Å². The molecular formula is C29H32F3N3O7. The number of ketones is 1. The lowest BCUT2D eigenvalue weighted by Crippen LogP contribution is -2.47. The molecule has 13 heteroatoms. The van der Waals surface area contributed by atoms with Gasteiger partial charge >= 0.3 is 17.8 Å². The lowest BCUT2D eigenvalue weighted by Gasteiger charge is -2.23. The maximum atomic E-state index is 14.2. The van der Waals surface area contributed by atoms with E-state index in [0.29, 0.717) is 11.8 Å². The molecule has 3 amide bonds. The van der Waals surface area contributed by atoms with Crippen LogP contribution < -0.4 is 15.4 Å². The second-order valence-electron chi connectivity index (χ2n) is 11.0. The standard InChI is InChI=1S/C29H32F3N3O7/c1-15-11-18(30)24(32)25(23(15)31)42-14-21(36)20(12-22(37)38)34-26(39)16-9-10-35(13-16)28(41)27(40)33-19-8-6-5-7-17(19)29(2,3)4/h5-8,11,16,20H,9-10,12-14H2,1-4H3,(H,33,40)(H,34,39)(H,37,38)/t16?,20-/m0/s1. The first-order valence-corrected chi connectivity index (χ1v) is 13.1. The number of amides is 3. The summed E-state index contributed by atoms with van der Waals surface area (Å²) in [5.74, 6) is -11.3. The highest BCUT2D eigenvalue weighted by atomic mass is 19.2. The lowest BCUT2D eigenvalue weighted by molar-refractivity contribution is -0.142. The van der Waals surface area contributed by atoms with Gasteiger partial charge in [-0.2, -0.15) is 4.39 Å². The van der Waals surface area contributed by atoms with Crippen LogP contribution in [0, 0.1) is 30.3 Å². The second-order valence-corrected chi connectivity index (χ2v) is 11.0. The first-order valence-electron chi connectivity index (χ1n) is 13.1. The molecule has 10 nitrogen and oxygen atoms in total. The van der Waals surface area contributed by atoms with Gasteiger partial charge in [-0.25, -0.2) is 8.78 Å². The molecule has 1 heterocycles. The number of ether oxygens (including phenoxy) is 1. The highest BCUT2D eigenvalue weighted by molar-refractivity contribution is 6.39. The molecule has 3 rings (SSSR count). The third-order valence-corrected chi connectivity index (χ3v) is 6.76. The van der Waals surface area contributed by atoms with E-state index in [1.54, 1.807) is 12.1 Å².